The van der Waals surface area contributed by atoms with Gasteiger partial charge in [-0.2, -0.15) is 0 Å². The predicted octanol–water partition coefficient (Wildman–Crippen LogP) is 3.97. The van der Waals surface area contributed by atoms with E-state index >= 15 is 0 Å². The minimum Gasteiger partial charge on any atom is -0.365 e. The lowest BCUT2D eigenvalue weighted by Gasteiger charge is -2.32. The number of hydrogen-bond acceptors (Lipinski definition) is 5. The topological polar surface area (TPSA) is 80.1 Å². The molecule has 0 radical (unpaired) electrons. The van der Waals surface area contributed by atoms with Gasteiger partial charge in [0.2, 0.25) is 5.91 Å². The quantitative estimate of drug-likeness (QED) is 0.625. The molecular formula is C23H24F3N5O2. The zero-order valence-electron chi connectivity index (χ0n) is 18.3. The van der Waals surface area contributed by atoms with Gasteiger partial charge in [-0.3, -0.25) is 9.59 Å². The number of anilines is 1. The highest BCUT2D eigenvalue weighted by Gasteiger charge is 2.23. The second kappa shape index (κ2) is 9.21. The number of pyridine rings is 1. The number of piperidine rings is 1. The number of amides is 1. The van der Waals surface area contributed by atoms with Crippen LogP contribution in [-0.2, 0) is 11.3 Å². The molecule has 0 unspecified atom stereocenters. The largest absolute Gasteiger partial charge is 0.365 e. The Labute approximate surface area is 188 Å². The monoisotopic (exact) mass is 459 g/mol. The van der Waals surface area contributed by atoms with Gasteiger partial charge in [-0.05, 0) is 19.8 Å². The molecule has 1 saturated heterocycles. The van der Waals surface area contributed by atoms with Crippen molar-refractivity contribution in [1.29, 1.82) is 0 Å². The van der Waals surface area contributed by atoms with E-state index in [1.807, 2.05) is 0 Å². The molecule has 4 rings (SSSR count). The molecule has 1 aliphatic rings. The van der Waals surface area contributed by atoms with E-state index in [-0.39, 0.29) is 29.6 Å². The predicted molar refractivity (Wildman–Crippen MR) is 118 cm³/mol. The van der Waals surface area contributed by atoms with E-state index in [9.17, 15) is 22.8 Å². The Balaban J connectivity index is 1.65. The number of benzene rings is 1. The van der Waals surface area contributed by atoms with Crippen molar-refractivity contribution in [2.75, 3.05) is 18.4 Å². The van der Waals surface area contributed by atoms with Gasteiger partial charge >= 0.3 is 0 Å². The van der Waals surface area contributed by atoms with Crippen LogP contribution in [0.3, 0.4) is 0 Å². The molecule has 10 heteroatoms. The third-order valence-electron chi connectivity index (χ3n) is 5.96. The second-order valence-corrected chi connectivity index (χ2v) is 8.15. The van der Waals surface area contributed by atoms with Gasteiger partial charge in [-0.25, -0.2) is 23.1 Å². The van der Waals surface area contributed by atoms with Crippen molar-refractivity contribution in [2.24, 2.45) is 0 Å². The fourth-order valence-electron chi connectivity index (χ4n) is 4.20. The molecule has 3 aromatic rings. The van der Waals surface area contributed by atoms with Crippen molar-refractivity contribution in [3.8, 4) is 0 Å². The standard InChI is InChI=1S/C23H24F3N5O2/c1-13-28-19-10-20(33)31(16-6-8-30(9-7-16)14(2)32)12-18(19)23(29-13)27-11-15-4-3-5-17(21(15)24)22(25)26/h3-5,10,12,16,22H,6-9,11H2,1-2H3,(H,27,28,29). The van der Waals surface area contributed by atoms with E-state index in [1.54, 1.807) is 22.6 Å². The summed E-state index contributed by atoms with van der Waals surface area (Å²) in [5.74, 6) is -0.143. The van der Waals surface area contributed by atoms with Crippen LogP contribution in [0, 0.1) is 12.7 Å². The molecular weight excluding hydrogens is 435 g/mol. The van der Waals surface area contributed by atoms with Gasteiger partial charge in [0.1, 0.15) is 17.5 Å². The Morgan fingerprint density at radius 2 is 1.97 bits per heavy atom. The van der Waals surface area contributed by atoms with Crippen LogP contribution in [0.1, 0.15) is 49.2 Å². The molecule has 1 aliphatic heterocycles. The number of nitrogens with zero attached hydrogens (tertiary/aromatic N) is 4. The molecule has 0 aliphatic carbocycles. The molecule has 1 N–H and O–H groups in total. The lowest BCUT2D eigenvalue weighted by Crippen LogP contribution is -2.39. The Kier molecular flexibility index (Phi) is 6.35. The summed E-state index contributed by atoms with van der Waals surface area (Å²) in [4.78, 5) is 34.9. The number of likely N-dealkylation sites (tertiary alicyclic amines) is 1. The van der Waals surface area contributed by atoms with E-state index in [4.69, 9.17) is 0 Å². The number of nitrogens with one attached hydrogen (secondary N) is 1. The Hall–Kier alpha value is -3.43. The maximum atomic E-state index is 14.4. The van der Waals surface area contributed by atoms with Crippen LogP contribution < -0.4 is 10.9 Å². The van der Waals surface area contributed by atoms with Gasteiger partial charge < -0.3 is 14.8 Å². The molecule has 0 spiro atoms. The molecule has 2 aromatic heterocycles. The van der Waals surface area contributed by atoms with Gasteiger partial charge in [0.05, 0.1) is 16.5 Å². The number of aromatic nitrogens is 3. The normalized spacial score (nSPS) is 14.8. The van der Waals surface area contributed by atoms with Gasteiger partial charge in [-0.15, -0.1) is 0 Å². The highest BCUT2D eigenvalue weighted by molar-refractivity contribution is 5.88. The Bertz CT molecular complexity index is 1250. The summed E-state index contributed by atoms with van der Waals surface area (Å²) in [5.41, 5.74) is -0.330. The number of fused-ring (bicyclic) bond motifs is 1. The average molecular weight is 459 g/mol. The van der Waals surface area contributed by atoms with E-state index in [1.165, 1.54) is 25.1 Å². The average Bonchev–Trinajstić information content (AvgIpc) is 2.77. The third kappa shape index (κ3) is 4.69. The lowest BCUT2D eigenvalue weighted by molar-refractivity contribution is -0.130. The first-order valence-electron chi connectivity index (χ1n) is 10.7. The van der Waals surface area contributed by atoms with Crippen molar-refractivity contribution >= 4 is 22.6 Å². The van der Waals surface area contributed by atoms with Crippen LogP contribution in [-0.4, -0.2) is 38.4 Å². The molecule has 1 aromatic carbocycles. The third-order valence-corrected chi connectivity index (χ3v) is 5.96. The fraction of sp³-hybridized carbons (Fsp3) is 0.391. The fourth-order valence-corrected chi connectivity index (χ4v) is 4.20. The summed E-state index contributed by atoms with van der Waals surface area (Å²) in [5, 5.41) is 3.59. The first-order valence-corrected chi connectivity index (χ1v) is 10.7. The summed E-state index contributed by atoms with van der Waals surface area (Å²) >= 11 is 0. The van der Waals surface area contributed by atoms with Gasteiger partial charge in [0.15, 0.2) is 0 Å². The van der Waals surface area contributed by atoms with Crippen LogP contribution in [0.25, 0.3) is 10.9 Å². The number of aryl methyl sites for hydroxylation is 1. The number of carbonyl (C=O) groups excluding carboxylic acids is 1. The summed E-state index contributed by atoms with van der Waals surface area (Å²) < 4.78 is 42.1. The van der Waals surface area contributed by atoms with Crippen molar-refractivity contribution in [1.82, 2.24) is 19.4 Å². The van der Waals surface area contributed by atoms with E-state index in [0.29, 0.717) is 48.5 Å². The first kappa shape index (κ1) is 22.8. The smallest absolute Gasteiger partial charge is 0.266 e. The second-order valence-electron chi connectivity index (χ2n) is 8.15. The summed E-state index contributed by atoms with van der Waals surface area (Å²) in [6.45, 7) is 4.28. The minimum atomic E-state index is -2.91. The van der Waals surface area contributed by atoms with Crippen LogP contribution in [0.2, 0.25) is 0 Å². The zero-order valence-corrected chi connectivity index (χ0v) is 18.3. The summed E-state index contributed by atoms with van der Waals surface area (Å²) in [7, 11) is 0. The molecule has 33 heavy (non-hydrogen) atoms. The van der Waals surface area contributed by atoms with Crippen molar-refractivity contribution in [3.63, 3.8) is 0 Å². The molecule has 3 heterocycles. The van der Waals surface area contributed by atoms with Crippen LogP contribution in [0.5, 0.6) is 0 Å². The molecule has 0 saturated carbocycles. The first-order chi connectivity index (χ1) is 15.7. The summed E-state index contributed by atoms with van der Waals surface area (Å²) in [6.07, 6.45) is 0.0634. The van der Waals surface area contributed by atoms with E-state index in [0.717, 1.165) is 6.07 Å². The number of halogens is 3. The molecule has 0 atom stereocenters. The van der Waals surface area contributed by atoms with Crippen molar-refractivity contribution in [2.45, 2.75) is 45.7 Å². The number of rotatable bonds is 5. The maximum absolute atomic E-state index is 14.4. The molecule has 1 fully saturated rings. The number of alkyl halides is 2. The summed E-state index contributed by atoms with van der Waals surface area (Å²) in [6, 6.07) is 5.24. The van der Waals surface area contributed by atoms with Crippen LogP contribution >= 0.6 is 0 Å². The van der Waals surface area contributed by atoms with Gasteiger partial charge in [0, 0.05) is 50.4 Å². The van der Waals surface area contributed by atoms with Crippen molar-refractivity contribution < 1.29 is 18.0 Å². The molecule has 0 bridgehead atoms. The Morgan fingerprint density at radius 1 is 1.24 bits per heavy atom. The highest BCUT2D eigenvalue weighted by atomic mass is 19.3. The van der Waals surface area contributed by atoms with Crippen molar-refractivity contribution in [3.05, 3.63) is 63.6 Å². The van der Waals surface area contributed by atoms with Gasteiger partial charge in [0.25, 0.3) is 12.0 Å². The maximum Gasteiger partial charge on any atom is 0.266 e. The lowest BCUT2D eigenvalue weighted by atomic mass is 10.0. The Morgan fingerprint density at radius 3 is 2.64 bits per heavy atom. The SMILES string of the molecule is CC(=O)N1CCC(n2cc3c(NCc4cccc(C(F)F)c4F)nc(C)nc3cc2=O)CC1. The molecule has 1 amide bonds. The van der Waals surface area contributed by atoms with E-state index < -0.39 is 17.8 Å². The minimum absolute atomic E-state index is 0.0119. The van der Waals surface area contributed by atoms with Crippen LogP contribution in [0.4, 0.5) is 19.0 Å². The molecule has 7 nitrogen and oxygen atoms in total. The van der Waals surface area contributed by atoms with Gasteiger partial charge in [-0.1, -0.05) is 18.2 Å². The number of carbonyl (C=O) groups is 1. The zero-order chi connectivity index (χ0) is 23.7. The number of hydrogen-bond donors (Lipinski definition) is 1. The molecule has 174 valence electrons. The highest BCUT2D eigenvalue weighted by Crippen LogP contribution is 2.27. The van der Waals surface area contributed by atoms with Crippen LogP contribution in [0.15, 0.2) is 35.3 Å². The van der Waals surface area contributed by atoms with E-state index in [2.05, 4.69) is 15.3 Å².